The molecule has 72 valence electrons. The molecular weight excluding hydrogens is 170 g/mol. The van der Waals surface area contributed by atoms with E-state index in [1.54, 1.807) is 0 Å². The fourth-order valence-electron chi connectivity index (χ4n) is 0.811. The second-order valence-corrected chi connectivity index (χ2v) is 2.28. The molecule has 0 amide bonds. The molecule has 1 rings (SSSR count). The molecule has 0 saturated carbocycles. The Bertz CT molecular complexity index is 278. The molecule has 0 radical (unpaired) electrons. The van der Waals surface area contributed by atoms with Crippen LogP contribution < -0.4 is 15.2 Å². The highest BCUT2D eigenvalue weighted by molar-refractivity contribution is 5.46. The van der Waals surface area contributed by atoms with Crippen molar-refractivity contribution in [2.24, 2.45) is 0 Å². The number of anilines is 1. The highest BCUT2D eigenvalue weighted by Crippen LogP contribution is 2.19. The average Bonchev–Trinajstić information content (AvgIpc) is 2.12. The summed E-state index contributed by atoms with van der Waals surface area (Å²) in [5, 5.41) is 0. The number of hydrogen-bond donors (Lipinski definition) is 1. The number of aromatic nitrogens is 2. The molecule has 13 heavy (non-hydrogen) atoms. The van der Waals surface area contributed by atoms with Gasteiger partial charge in [-0.2, -0.15) is 4.98 Å². The van der Waals surface area contributed by atoms with Crippen LogP contribution in [0.3, 0.4) is 0 Å². The molecule has 1 aromatic rings. The molecule has 0 atom stereocenters. The predicted molar refractivity (Wildman–Crippen MR) is 48.8 cm³/mol. The van der Waals surface area contributed by atoms with Crippen LogP contribution >= 0.6 is 0 Å². The highest BCUT2D eigenvalue weighted by atomic mass is 16.5. The van der Waals surface area contributed by atoms with Crippen LogP contribution in [0.1, 0.15) is 13.8 Å². The van der Waals surface area contributed by atoms with Gasteiger partial charge in [0.05, 0.1) is 19.4 Å². The summed E-state index contributed by atoms with van der Waals surface area (Å²) < 4.78 is 10.3. The monoisotopic (exact) mass is 183 g/mol. The molecule has 1 heterocycles. The van der Waals surface area contributed by atoms with E-state index in [4.69, 9.17) is 15.2 Å². The van der Waals surface area contributed by atoms with Crippen molar-refractivity contribution in [1.29, 1.82) is 0 Å². The lowest BCUT2D eigenvalue weighted by atomic mass is 10.5. The lowest BCUT2D eigenvalue weighted by Gasteiger charge is -2.06. The minimum Gasteiger partial charge on any atom is -0.476 e. The third-order valence-electron chi connectivity index (χ3n) is 1.31. The molecular formula is C8H13N3O2. The first-order valence-corrected chi connectivity index (χ1v) is 4.16. The number of nitrogen functional groups attached to an aromatic ring is 1. The largest absolute Gasteiger partial charge is 0.476 e. The Kier molecular flexibility index (Phi) is 3.31. The van der Waals surface area contributed by atoms with E-state index < -0.39 is 0 Å². The number of hydrogen-bond acceptors (Lipinski definition) is 5. The smallest absolute Gasteiger partial charge is 0.319 e. The average molecular weight is 183 g/mol. The summed E-state index contributed by atoms with van der Waals surface area (Å²) in [7, 11) is 0. The van der Waals surface area contributed by atoms with E-state index in [0.717, 1.165) is 0 Å². The predicted octanol–water partition coefficient (Wildman–Crippen LogP) is 0.856. The number of nitrogens with two attached hydrogens (primary N) is 1. The van der Waals surface area contributed by atoms with E-state index in [9.17, 15) is 0 Å². The van der Waals surface area contributed by atoms with Gasteiger partial charge >= 0.3 is 6.01 Å². The third kappa shape index (κ3) is 2.47. The highest BCUT2D eigenvalue weighted by Gasteiger charge is 2.04. The van der Waals surface area contributed by atoms with Crippen molar-refractivity contribution in [2.75, 3.05) is 18.9 Å². The van der Waals surface area contributed by atoms with Gasteiger partial charge < -0.3 is 15.2 Å². The maximum absolute atomic E-state index is 5.57. The molecule has 2 N–H and O–H groups in total. The SMILES string of the molecule is CCOc1ncc(N)c(OCC)n1. The molecule has 0 saturated heterocycles. The van der Waals surface area contributed by atoms with Crippen molar-refractivity contribution in [3.8, 4) is 11.9 Å². The van der Waals surface area contributed by atoms with Gasteiger partial charge in [0.1, 0.15) is 5.69 Å². The van der Waals surface area contributed by atoms with Crippen molar-refractivity contribution in [3.63, 3.8) is 0 Å². The van der Waals surface area contributed by atoms with Crippen LogP contribution in [0, 0.1) is 0 Å². The van der Waals surface area contributed by atoms with Crippen molar-refractivity contribution < 1.29 is 9.47 Å². The van der Waals surface area contributed by atoms with Crippen LogP contribution in [0.25, 0.3) is 0 Å². The van der Waals surface area contributed by atoms with Gasteiger partial charge in [-0.05, 0) is 13.8 Å². The third-order valence-corrected chi connectivity index (χ3v) is 1.31. The Morgan fingerprint density at radius 3 is 2.62 bits per heavy atom. The Balaban J connectivity index is 2.83. The van der Waals surface area contributed by atoms with Gasteiger partial charge in [-0.1, -0.05) is 0 Å². The van der Waals surface area contributed by atoms with E-state index in [-0.39, 0.29) is 0 Å². The van der Waals surface area contributed by atoms with Crippen LogP contribution in [0.15, 0.2) is 6.20 Å². The maximum atomic E-state index is 5.57. The van der Waals surface area contributed by atoms with Crippen molar-refractivity contribution >= 4 is 5.69 Å². The van der Waals surface area contributed by atoms with Crippen LogP contribution in [0.2, 0.25) is 0 Å². The van der Waals surface area contributed by atoms with E-state index in [2.05, 4.69) is 9.97 Å². The molecule has 0 fully saturated rings. The fraction of sp³-hybridized carbons (Fsp3) is 0.500. The lowest BCUT2D eigenvalue weighted by molar-refractivity contribution is 0.290. The fourth-order valence-corrected chi connectivity index (χ4v) is 0.811. The van der Waals surface area contributed by atoms with Crippen molar-refractivity contribution in [1.82, 2.24) is 9.97 Å². The van der Waals surface area contributed by atoms with E-state index >= 15 is 0 Å². The zero-order chi connectivity index (χ0) is 9.68. The quantitative estimate of drug-likeness (QED) is 0.749. The van der Waals surface area contributed by atoms with E-state index in [0.29, 0.717) is 30.8 Å². The summed E-state index contributed by atoms with van der Waals surface area (Å²) in [6, 6.07) is 0.292. The molecule has 0 aromatic carbocycles. The second kappa shape index (κ2) is 4.49. The molecule has 0 aliphatic carbocycles. The zero-order valence-electron chi connectivity index (χ0n) is 7.78. The standard InChI is InChI=1S/C8H13N3O2/c1-3-12-7-6(9)5-10-8(11-7)13-4-2/h5H,3-4,9H2,1-2H3. The molecule has 0 bridgehead atoms. The van der Waals surface area contributed by atoms with Crippen LogP contribution in [0.5, 0.6) is 11.9 Å². The molecule has 5 heteroatoms. The van der Waals surface area contributed by atoms with Gasteiger partial charge in [-0.15, -0.1) is 0 Å². The first-order valence-electron chi connectivity index (χ1n) is 4.16. The number of ether oxygens (including phenoxy) is 2. The zero-order valence-corrected chi connectivity index (χ0v) is 7.78. The lowest BCUT2D eigenvalue weighted by Crippen LogP contribution is -2.03. The number of nitrogens with zero attached hydrogens (tertiary/aromatic N) is 2. The van der Waals surface area contributed by atoms with Gasteiger partial charge in [-0.3, -0.25) is 0 Å². The summed E-state index contributed by atoms with van der Waals surface area (Å²) in [6.07, 6.45) is 1.48. The van der Waals surface area contributed by atoms with Gasteiger partial charge in [0.25, 0.3) is 0 Å². The summed E-state index contributed by atoms with van der Waals surface area (Å²) in [5.74, 6) is 0.376. The van der Waals surface area contributed by atoms with Crippen LogP contribution in [-0.2, 0) is 0 Å². The van der Waals surface area contributed by atoms with Crippen molar-refractivity contribution in [2.45, 2.75) is 13.8 Å². The minimum absolute atomic E-state index is 0.292. The van der Waals surface area contributed by atoms with Crippen molar-refractivity contribution in [3.05, 3.63) is 6.20 Å². The topological polar surface area (TPSA) is 70.3 Å². The Morgan fingerprint density at radius 2 is 2.00 bits per heavy atom. The molecule has 0 unspecified atom stereocenters. The van der Waals surface area contributed by atoms with Gasteiger partial charge in [0, 0.05) is 0 Å². The molecule has 0 aliphatic rings. The summed E-state index contributed by atoms with van der Waals surface area (Å²) in [6.45, 7) is 4.77. The Labute approximate surface area is 76.9 Å². The molecule has 0 aliphatic heterocycles. The first-order chi connectivity index (χ1) is 6.27. The summed E-state index contributed by atoms with van der Waals surface area (Å²) in [4.78, 5) is 7.84. The summed E-state index contributed by atoms with van der Waals surface area (Å²) in [5.41, 5.74) is 5.99. The maximum Gasteiger partial charge on any atom is 0.319 e. The molecule has 0 spiro atoms. The van der Waals surface area contributed by atoms with Crippen LogP contribution in [0.4, 0.5) is 5.69 Å². The second-order valence-electron chi connectivity index (χ2n) is 2.28. The van der Waals surface area contributed by atoms with E-state index in [1.807, 2.05) is 13.8 Å². The molecule has 1 aromatic heterocycles. The Hall–Kier alpha value is -1.52. The summed E-state index contributed by atoms with van der Waals surface area (Å²) >= 11 is 0. The first kappa shape index (κ1) is 9.57. The van der Waals surface area contributed by atoms with Gasteiger partial charge in [-0.25, -0.2) is 4.98 Å². The number of rotatable bonds is 4. The molecule has 5 nitrogen and oxygen atoms in total. The van der Waals surface area contributed by atoms with Crippen LogP contribution in [-0.4, -0.2) is 23.2 Å². The van der Waals surface area contributed by atoms with E-state index in [1.165, 1.54) is 6.20 Å². The van der Waals surface area contributed by atoms with Gasteiger partial charge in [0.2, 0.25) is 5.88 Å². The van der Waals surface area contributed by atoms with Gasteiger partial charge in [0.15, 0.2) is 0 Å². The minimum atomic E-state index is 0.292. The normalized spacial score (nSPS) is 9.69. The Morgan fingerprint density at radius 1 is 1.31 bits per heavy atom.